The summed E-state index contributed by atoms with van der Waals surface area (Å²) < 4.78 is 0. The van der Waals surface area contributed by atoms with E-state index in [1.54, 1.807) is 11.3 Å². The molecule has 1 saturated heterocycles. The standard InChI is InChI=1S/C16H21N3S/c1-11-9-19(10-12(11)2)16-18-15(14(8-17)20-16)13-6-4-3-5-7-13/h3-7,11-12H,8-10,17H2,1-2H3. The molecule has 3 rings (SSSR count). The molecule has 0 spiro atoms. The lowest BCUT2D eigenvalue weighted by Gasteiger charge is -2.13. The van der Waals surface area contributed by atoms with E-state index in [1.165, 1.54) is 4.88 Å². The molecule has 1 aromatic carbocycles. The van der Waals surface area contributed by atoms with Gasteiger partial charge < -0.3 is 10.6 Å². The van der Waals surface area contributed by atoms with Gasteiger partial charge in [0.25, 0.3) is 0 Å². The Morgan fingerprint density at radius 3 is 2.45 bits per heavy atom. The fraction of sp³-hybridized carbons (Fsp3) is 0.438. The van der Waals surface area contributed by atoms with Gasteiger partial charge in [0.05, 0.1) is 5.69 Å². The lowest BCUT2D eigenvalue weighted by atomic mass is 10.0. The maximum atomic E-state index is 5.91. The Kier molecular flexibility index (Phi) is 3.76. The van der Waals surface area contributed by atoms with Crippen molar-refractivity contribution in [1.82, 2.24) is 4.98 Å². The second-order valence-electron chi connectivity index (χ2n) is 5.70. The van der Waals surface area contributed by atoms with E-state index in [0.29, 0.717) is 6.54 Å². The lowest BCUT2D eigenvalue weighted by Crippen LogP contribution is -2.19. The molecule has 1 fully saturated rings. The Balaban J connectivity index is 1.93. The number of aromatic nitrogens is 1. The number of thiazole rings is 1. The van der Waals surface area contributed by atoms with Gasteiger partial charge in [-0.1, -0.05) is 55.5 Å². The molecule has 2 atom stereocenters. The van der Waals surface area contributed by atoms with Crippen molar-refractivity contribution in [3.63, 3.8) is 0 Å². The fourth-order valence-corrected chi connectivity index (χ4v) is 3.70. The van der Waals surface area contributed by atoms with Crippen LogP contribution in [0.4, 0.5) is 5.13 Å². The van der Waals surface area contributed by atoms with Crippen LogP contribution in [0.2, 0.25) is 0 Å². The van der Waals surface area contributed by atoms with E-state index in [0.717, 1.165) is 41.3 Å². The fourth-order valence-electron chi connectivity index (χ4n) is 2.72. The highest BCUT2D eigenvalue weighted by Gasteiger charge is 2.28. The van der Waals surface area contributed by atoms with E-state index < -0.39 is 0 Å². The molecule has 0 bridgehead atoms. The number of anilines is 1. The Labute approximate surface area is 124 Å². The zero-order valence-electron chi connectivity index (χ0n) is 12.0. The summed E-state index contributed by atoms with van der Waals surface area (Å²) in [5.41, 5.74) is 8.13. The van der Waals surface area contributed by atoms with Gasteiger partial charge in [0.15, 0.2) is 5.13 Å². The highest BCUT2D eigenvalue weighted by molar-refractivity contribution is 7.16. The number of rotatable bonds is 3. The minimum atomic E-state index is 0.556. The first kappa shape index (κ1) is 13.6. The molecule has 0 saturated carbocycles. The molecule has 1 aliphatic heterocycles. The Bertz CT molecular complexity index is 569. The molecule has 4 heteroatoms. The van der Waals surface area contributed by atoms with E-state index in [1.807, 2.05) is 6.07 Å². The van der Waals surface area contributed by atoms with Gasteiger partial charge in [-0.05, 0) is 11.8 Å². The maximum Gasteiger partial charge on any atom is 0.186 e. The second kappa shape index (κ2) is 5.54. The van der Waals surface area contributed by atoms with E-state index >= 15 is 0 Å². The monoisotopic (exact) mass is 287 g/mol. The molecule has 3 nitrogen and oxygen atoms in total. The molecule has 0 radical (unpaired) electrons. The van der Waals surface area contributed by atoms with Crippen LogP contribution in [0.3, 0.4) is 0 Å². The van der Waals surface area contributed by atoms with Crippen molar-refractivity contribution in [3.8, 4) is 11.3 Å². The first-order valence-corrected chi connectivity index (χ1v) is 8.01. The number of nitrogens with two attached hydrogens (primary N) is 1. The Morgan fingerprint density at radius 1 is 1.20 bits per heavy atom. The molecular weight excluding hydrogens is 266 g/mol. The van der Waals surface area contributed by atoms with Crippen LogP contribution >= 0.6 is 11.3 Å². The van der Waals surface area contributed by atoms with Crippen molar-refractivity contribution in [3.05, 3.63) is 35.2 Å². The van der Waals surface area contributed by atoms with Crippen LogP contribution in [0.1, 0.15) is 18.7 Å². The summed E-state index contributed by atoms with van der Waals surface area (Å²) >= 11 is 1.75. The largest absolute Gasteiger partial charge is 0.348 e. The van der Waals surface area contributed by atoms with Gasteiger partial charge in [-0.25, -0.2) is 4.98 Å². The van der Waals surface area contributed by atoms with Crippen LogP contribution in [0.25, 0.3) is 11.3 Å². The Morgan fingerprint density at radius 2 is 1.85 bits per heavy atom. The maximum absolute atomic E-state index is 5.91. The third-order valence-corrected chi connectivity index (χ3v) is 5.32. The predicted octanol–water partition coefficient (Wildman–Crippen LogP) is 3.36. The van der Waals surface area contributed by atoms with Gasteiger partial charge in [-0.3, -0.25) is 0 Å². The highest BCUT2D eigenvalue weighted by atomic mass is 32.1. The minimum absolute atomic E-state index is 0.556. The molecule has 20 heavy (non-hydrogen) atoms. The van der Waals surface area contributed by atoms with Gasteiger partial charge in [-0.15, -0.1) is 0 Å². The molecule has 2 aromatic rings. The third-order valence-electron chi connectivity index (χ3n) is 4.18. The average Bonchev–Trinajstić information content (AvgIpc) is 3.04. The summed E-state index contributed by atoms with van der Waals surface area (Å²) in [6.45, 7) is 7.40. The van der Waals surface area contributed by atoms with E-state index in [4.69, 9.17) is 10.7 Å². The van der Waals surface area contributed by atoms with Crippen LogP contribution in [0.5, 0.6) is 0 Å². The molecule has 0 amide bonds. The topological polar surface area (TPSA) is 42.2 Å². The SMILES string of the molecule is CC1CN(c2nc(-c3ccccc3)c(CN)s2)CC1C. The van der Waals surface area contributed by atoms with Crippen LogP contribution in [-0.2, 0) is 6.54 Å². The van der Waals surface area contributed by atoms with Crippen LogP contribution in [0.15, 0.2) is 30.3 Å². The normalized spacial score (nSPS) is 22.4. The summed E-state index contributed by atoms with van der Waals surface area (Å²) in [6, 6.07) is 10.3. The zero-order valence-corrected chi connectivity index (χ0v) is 12.9. The van der Waals surface area contributed by atoms with E-state index in [-0.39, 0.29) is 0 Å². The molecule has 2 heterocycles. The smallest absolute Gasteiger partial charge is 0.186 e. The molecule has 2 N–H and O–H groups in total. The molecule has 1 aromatic heterocycles. The van der Waals surface area contributed by atoms with Gasteiger partial charge in [0, 0.05) is 30.1 Å². The predicted molar refractivity (Wildman–Crippen MR) is 86.0 cm³/mol. The molecule has 106 valence electrons. The van der Waals surface area contributed by atoms with Gasteiger partial charge in [-0.2, -0.15) is 0 Å². The number of benzene rings is 1. The zero-order chi connectivity index (χ0) is 14.1. The number of hydrogen-bond donors (Lipinski definition) is 1. The van der Waals surface area contributed by atoms with Crippen LogP contribution in [0, 0.1) is 11.8 Å². The van der Waals surface area contributed by atoms with Crippen molar-refractivity contribution in [2.75, 3.05) is 18.0 Å². The van der Waals surface area contributed by atoms with Crippen LogP contribution in [-0.4, -0.2) is 18.1 Å². The first-order valence-electron chi connectivity index (χ1n) is 7.19. The third kappa shape index (κ3) is 2.45. The number of hydrogen-bond acceptors (Lipinski definition) is 4. The van der Waals surface area contributed by atoms with Crippen LogP contribution < -0.4 is 10.6 Å². The quantitative estimate of drug-likeness (QED) is 0.941. The van der Waals surface area contributed by atoms with E-state index in [9.17, 15) is 0 Å². The van der Waals surface area contributed by atoms with Gasteiger partial charge in [0.1, 0.15) is 0 Å². The van der Waals surface area contributed by atoms with E-state index in [2.05, 4.69) is 43.0 Å². The van der Waals surface area contributed by atoms with Crippen molar-refractivity contribution in [2.24, 2.45) is 17.6 Å². The molecule has 0 aliphatic carbocycles. The van der Waals surface area contributed by atoms with Gasteiger partial charge >= 0.3 is 0 Å². The second-order valence-corrected chi connectivity index (χ2v) is 6.76. The average molecular weight is 287 g/mol. The molecular formula is C16H21N3S. The summed E-state index contributed by atoms with van der Waals surface area (Å²) in [7, 11) is 0. The summed E-state index contributed by atoms with van der Waals surface area (Å²) in [5, 5.41) is 1.13. The number of nitrogens with zero attached hydrogens (tertiary/aromatic N) is 2. The lowest BCUT2D eigenvalue weighted by molar-refractivity contribution is 0.494. The first-order chi connectivity index (χ1) is 9.69. The van der Waals surface area contributed by atoms with Gasteiger partial charge in [0.2, 0.25) is 0 Å². The molecule has 2 unspecified atom stereocenters. The Hall–Kier alpha value is -1.39. The highest BCUT2D eigenvalue weighted by Crippen LogP contribution is 2.36. The van der Waals surface area contributed by atoms with Crippen molar-refractivity contribution in [1.29, 1.82) is 0 Å². The minimum Gasteiger partial charge on any atom is -0.348 e. The van der Waals surface area contributed by atoms with Crippen molar-refractivity contribution < 1.29 is 0 Å². The summed E-state index contributed by atoms with van der Waals surface area (Å²) in [6.07, 6.45) is 0. The summed E-state index contributed by atoms with van der Waals surface area (Å²) in [5.74, 6) is 1.47. The summed E-state index contributed by atoms with van der Waals surface area (Å²) in [4.78, 5) is 8.45. The van der Waals surface area contributed by atoms with Crippen molar-refractivity contribution in [2.45, 2.75) is 20.4 Å². The van der Waals surface area contributed by atoms with Crippen molar-refractivity contribution >= 4 is 16.5 Å². The molecule has 1 aliphatic rings.